The number of ketones is 1. The van der Waals surface area contributed by atoms with E-state index in [-0.39, 0.29) is 46.4 Å². The van der Waals surface area contributed by atoms with E-state index in [9.17, 15) is 19.2 Å². The van der Waals surface area contributed by atoms with Crippen LogP contribution >= 0.6 is 11.6 Å². The zero-order valence-corrected chi connectivity index (χ0v) is 23.5. The number of allylic oxidation sites excluding steroid dienone is 1. The number of nitrogen functional groups attached to an aromatic ring is 1. The van der Waals surface area contributed by atoms with Crippen LogP contribution in [0.3, 0.4) is 0 Å². The van der Waals surface area contributed by atoms with E-state index >= 15 is 0 Å². The molecule has 0 atom stereocenters. The van der Waals surface area contributed by atoms with Gasteiger partial charge >= 0.3 is 5.97 Å². The average Bonchev–Trinajstić information content (AvgIpc) is 3.43. The van der Waals surface area contributed by atoms with E-state index in [2.05, 4.69) is 15.3 Å². The maximum atomic E-state index is 13.6. The van der Waals surface area contributed by atoms with Crippen LogP contribution in [0.25, 0.3) is 28.6 Å². The molecule has 2 heterocycles. The zero-order chi connectivity index (χ0) is 30.5. The van der Waals surface area contributed by atoms with Gasteiger partial charge in [-0.3, -0.25) is 19.0 Å². The van der Waals surface area contributed by atoms with Gasteiger partial charge in [-0.15, -0.1) is 0 Å². The number of Topliss-reactive ketones (excluding diaryl/α,β-unsaturated/α-hetero) is 1. The van der Waals surface area contributed by atoms with Gasteiger partial charge in [-0.25, -0.2) is 14.8 Å². The van der Waals surface area contributed by atoms with E-state index in [0.717, 1.165) is 4.57 Å². The molecule has 0 saturated heterocycles. The van der Waals surface area contributed by atoms with Crippen LogP contribution in [-0.2, 0) is 16.1 Å². The monoisotopic (exact) mass is 597 g/mol. The molecule has 11 nitrogen and oxygen atoms in total. The molecule has 12 heteroatoms. The SMILES string of the molecule is CCOC(=O)c1ccc2oc(C(=O)C(=Cc3ccccc3)NC(=O)Cn3c(-c4cccc(Cl)c4)ncc(N)c3=O)nc2c1. The summed E-state index contributed by atoms with van der Waals surface area (Å²) in [6.07, 6.45) is 2.66. The van der Waals surface area contributed by atoms with Crippen molar-refractivity contribution in [2.75, 3.05) is 12.3 Å². The molecule has 0 unspecified atom stereocenters. The summed E-state index contributed by atoms with van der Waals surface area (Å²) in [6, 6.07) is 19.9. The predicted octanol–water partition coefficient (Wildman–Crippen LogP) is 4.50. The Morgan fingerprint density at radius 3 is 2.60 bits per heavy atom. The highest BCUT2D eigenvalue weighted by Crippen LogP contribution is 2.22. The molecule has 5 aromatic rings. The number of hydrogen-bond donors (Lipinski definition) is 2. The number of esters is 1. The molecule has 1 amide bonds. The predicted molar refractivity (Wildman–Crippen MR) is 160 cm³/mol. The van der Waals surface area contributed by atoms with Gasteiger partial charge in [-0.1, -0.05) is 54.1 Å². The Kier molecular flexibility index (Phi) is 8.44. The van der Waals surface area contributed by atoms with E-state index in [0.29, 0.717) is 16.1 Å². The number of oxazole rings is 1. The third-order valence-electron chi connectivity index (χ3n) is 6.18. The molecule has 216 valence electrons. The van der Waals surface area contributed by atoms with Crippen molar-refractivity contribution in [3.8, 4) is 11.4 Å². The molecular formula is C31H24ClN5O6. The van der Waals surface area contributed by atoms with Crippen molar-refractivity contribution in [1.82, 2.24) is 19.9 Å². The third-order valence-corrected chi connectivity index (χ3v) is 6.42. The van der Waals surface area contributed by atoms with Crippen molar-refractivity contribution in [3.63, 3.8) is 0 Å². The smallest absolute Gasteiger partial charge is 0.338 e. The lowest BCUT2D eigenvalue weighted by molar-refractivity contribution is -0.120. The van der Waals surface area contributed by atoms with E-state index in [1.54, 1.807) is 61.5 Å². The fourth-order valence-corrected chi connectivity index (χ4v) is 4.39. The molecule has 0 aliphatic heterocycles. The molecule has 3 N–H and O–H groups in total. The highest BCUT2D eigenvalue weighted by atomic mass is 35.5. The molecule has 0 radical (unpaired) electrons. The van der Waals surface area contributed by atoms with E-state index < -0.39 is 29.8 Å². The van der Waals surface area contributed by atoms with Gasteiger partial charge in [0.2, 0.25) is 5.91 Å². The first kappa shape index (κ1) is 29.0. The Hall–Kier alpha value is -5.55. The normalized spacial score (nSPS) is 11.3. The van der Waals surface area contributed by atoms with Crippen LogP contribution in [0.1, 0.15) is 33.5 Å². The highest BCUT2D eigenvalue weighted by Gasteiger charge is 2.23. The maximum Gasteiger partial charge on any atom is 0.338 e. The molecule has 0 bridgehead atoms. The van der Waals surface area contributed by atoms with E-state index in [1.807, 2.05) is 0 Å². The van der Waals surface area contributed by atoms with Crippen LogP contribution in [0.5, 0.6) is 0 Å². The van der Waals surface area contributed by atoms with E-state index in [4.69, 9.17) is 26.5 Å². The van der Waals surface area contributed by atoms with Crippen molar-refractivity contribution in [3.05, 3.63) is 117 Å². The van der Waals surface area contributed by atoms with Crippen molar-refractivity contribution in [2.24, 2.45) is 0 Å². The summed E-state index contributed by atoms with van der Waals surface area (Å²) in [5.41, 5.74) is 6.69. The number of nitrogens with one attached hydrogen (secondary N) is 1. The van der Waals surface area contributed by atoms with Crippen LogP contribution < -0.4 is 16.6 Å². The van der Waals surface area contributed by atoms with Gasteiger partial charge < -0.3 is 20.2 Å². The Balaban J connectivity index is 1.48. The number of amides is 1. The van der Waals surface area contributed by atoms with Crippen molar-refractivity contribution in [2.45, 2.75) is 13.5 Å². The molecule has 0 aliphatic carbocycles. The molecular weight excluding hydrogens is 574 g/mol. The van der Waals surface area contributed by atoms with Gasteiger partial charge in [0.25, 0.3) is 17.2 Å². The Bertz CT molecular complexity index is 1950. The minimum absolute atomic E-state index is 0.160. The highest BCUT2D eigenvalue weighted by molar-refractivity contribution is 6.30. The molecule has 3 aromatic carbocycles. The lowest BCUT2D eigenvalue weighted by Crippen LogP contribution is -2.35. The van der Waals surface area contributed by atoms with Gasteiger partial charge in [-0.2, -0.15) is 0 Å². The van der Waals surface area contributed by atoms with Gasteiger partial charge in [0.05, 0.1) is 24.1 Å². The summed E-state index contributed by atoms with van der Waals surface area (Å²) in [5.74, 6) is -2.15. The molecule has 43 heavy (non-hydrogen) atoms. The topological polar surface area (TPSA) is 159 Å². The summed E-state index contributed by atoms with van der Waals surface area (Å²) in [6.45, 7) is 1.37. The number of ether oxygens (including phenoxy) is 1. The number of hydrogen-bond acceptors (Lipinski definition) is 9. The average molecular weight is 598 g/mol. The Labute approximate surface area is 249 Å². The number of halogens is 1. The second-order valence-electron chi connectivity index (χ2n) is 9.21. The third kappa shape index (κ3) is 6.52. The number of nitrogens with two attached hydrogens (primary N) is 1. The molecule has 0 saturated carbocycles. The van der Waals surface area contributed by atoms with Crippen LogP contribution in [0, 0.1) is 0 Å². The second kappa shape index (κ2) is 12.5. The van der Waals surface area contributed by atoms with Crippen molar-refractivity contribution < 1.29 is 23.5 Å². The number of anilines is 1. The number of fused-ring (bicyclic) bond motifs is 1. The van der Waals surface area contributed by atoms with Crippen LogP contribution in [-0.4, -0.2) is 38.8 Å². The molecule has 5 rings (SSSR count). The first-order valence-corrected chi connectivity index (χ1v) is 13.4. The van der Waals surface area contributed by atoms with Gasteiger partial charge in [0.1, 0.15) is 23.6 Å². The molecule has 0 fully saturated rings. The van der Waals surface area contributed by atoms with Gasteiger partial charge in [0.15, 0.2) is 5.58 Å². The van der Waals surface area contributed by atoms with Crippen LogP contribution in [0.2, 0.25) is 5.02 Å². The van der Waals surface area contributed by atoms with Gasteiger partial charge in [-0.05, 0) is 48.9 Å². The Morgan fingerprint density at radius 2 is 1.86 bits per heavy atom. The zero-order valence-electron chi connectivity index (χ0n) is 22.7. The Morgan fingerprint density at radius 1 is 1.07 bits per heavy atom. The minimum atomic E-state index is -0.737. The molecule has 0 spiro atoms. The van der Waals surface area contributed by atoms with Crippen molar-refractivity contribution in [1.29, 1.82) is 0 Å². The number of aromatic nitrogens is 3. The first-order valence-electron chi connectivity index (χ1n) is 13.0. The number of rotatable bonds is 9. The minimum Gasteiger partial charge on any atom is -0.462 e. The van der Waals surface area contributed by atoms with E-state index in [1.165, 1.54) is 30.5 Å². The lowest BCUT2D eigenvalue weighted by atomic mass is 10.1. The fraction of sp³-hybridized carbons (Fsp3) is 0.0968. The van der Waals surface area contributed by atoms with Crippen LogP contribution in [0.15, 0.2) is 93.9 Å². The van der Waals surface area contributed by atoms with Gasteiger partial charge in [0, 0.05) is 10.6 Å². The standard InChI is InChI=1S/C31H24ClN5O6/c1-2-42-31(41)20-11-12-25-23(15-20)36-29(43-25)27(39)24(13-18-7-4-3-5-8-18)35-26(38)17-37-28(34-16-22(33)30(37)40)19-9-6-10-21(32)14-19/h3-16H,2,17,33H2,1H3,(H,35,38). The second-order valence-corrected chi connectivity index (χ2v) is 9.64. The lowest BCUT2D eigenvalue weighted by Gasteiger charge is -2.14. The largest absolute Gasteiger partial charge is 0.462 e. The number of nitrogens with zero attached hydrogens (tertiary/aromatic N) is 3. The molecule has 2 aromatic heterocycles. The summed E-state index contributed by atoms with van der Waals surface area (Å²) >= 11 is 6.13. The summed E-state index contributed by atoms with van der Waals surface area (Å²) in [7, 11) is 0. The summed E-state index contributed by atoms with van der Waals surface area (Å²) in [5, 5.41) is 2.99. The summed E-state index contributed by atoms with van der Waals surface area (Å²) in [4.78, 5) is 60.6. The molecule has 0 aliphatic rings. The van der Waals surface area contributed by atoms with Crippen LogP contribution in [0.4, 0.5) is 5.69 Å². The quantitative estimate of drug-likeness (QED) is 0.142. The maximum absolute atomic E-state index is 13.6. The first-order chi connectivity index (χ1) is 20.7. The fourth-order valence-electron chi connectivity index (χ4n) is 4.20. The number of carbonyl (C=O) groups excluding carboxylic acids is 3. The number of benzene rings is 3. The summed E-state index contributed by atoms with van der Waals surface area (Å²) < 4.78 is 11.8. The van der Waals surface area contributed by atoms with Crippen molar-refractivity contribution >= 4 is 52.1 Å². The number of carbonyl (C=O) groups is 3.